The number of nitrogens with one attached hydrogen (secondary N) is 1. The quantitative estimate of drug-likeness (QED) is 0.456. The van der Waals surface area contributed by atoms with E-state index in [0.29, 0.717) is 11.1 Å². The fraction of sp³-hybridized carbons (Fsp3) is 0.400. The number of hydrogen-bond acceptors (Lipinski definition) is 8. The van der Waals surface area contributed by atoms with Gasteiger partial charge in [-0.05, 0) is 18.2 Å². The average Bonchev–Trinajstić information content (AvgIpc) is 2.56. The zero-order chi connectivity index (χ0) is 17.4. The molecule has 3 unspecified atom stereocenters. The molecule has 1 aliphatic heterocycles. The monoisotopic (exact) mass is 341 g/mol. The molecule has 0 radical (unpaired) electrons. The number of fused-ring (bicyclic) bond motifs is 1. The standard InChI is InChI=1S/C15H16FNO7/c16-8-3-6-1-2-7(4-9(6)23-14(8)21)17-11-13(20)12(19)10(5-18)24-15(11)22/h1-4,10-13,15,17-20,22H,5H2/t10?,11-,12+,13?,15?/m0/s1. The summed E-state index contributed by atoms with van der Waals surface area (Å²) < 4.78 is 23.0. The molecule has 2 heterocycles. The highest BCUT2D eigenvalue weighted by molar-refractivity contribution is 5.80. The lowest BCUT2D eigenvalue weighted by atomic mass is 9.97. The topological polar surface area (TPSA) is 132 Å². The Bertz CT molecular complexity index is 795. The van der Waals surface area contributed by atoms with Gasteiger partial charge in [-0.2, -0.15) is 4.39 Å². The fourth-order valence-corrected chi connectivity index (χ4v) is 2.62. The zero-order valence-electron chi connectivity index (χ0n) is 12.3. The second-order valence-corrected chi connectivity index (χ2v) is 5.53. The van der Waals surface area contributed by atoms with Gasteiger partial charge in [0.1, 0.15) is 29.9 Å². The molecule has 1 saturated heterocycles. The predicted octanol–water partition coefficient (Wildman–Crippen LogP) is -0.856. The maximum absolute atomic E-state index is 13.2. The van der Waals surface area contributed by atoms with E-state index in [1.54, 1.807) is 0 Å². The van der Waals surface area contributed by atoms with Crippen molar-refractivity contribution in [3.63, 3.8) is 0 Å². The van der Waals surface area contributed by atoms with Gasteiger partial charge in [0.2, 0.25) is 5.82 Å². The number of hydrogen-bond donors (Lipinski definition) is 5. The molecule has 3 rings (SSSR count). The van der Waals surface area contributed by atoms with Gasteiger partial charge in [-0.1, -0.05) is 0 Å². The molecule has 0 amide bonds. The van der Waals surface area contributed by atoms with Crippen LogP contribution >= 0.6 is 0 Å². The number of benzene rings is 1. The molecule has 1 fully saturated rings. The van der Waals surface area contributed by atoms with Crippen LogP contribution in [0.5, 0.6) is 0 Å². The summed E-state index contributed by atoms with van der Waals surface area (Å²) in [6.45, 7) is -0.561. The molecule has 5 atom stereocenters. The van der Waals surface area contributed by atoms with Crippen molar-refractivity contribution in [3.8, 4) is 0 Å². The van der Waals surface area contributed by atoms with Gasteiger partial charge in [-0.25, -0.2) is 4.79 Å². The molecule has 0 saturated carbocycles. The minimum Gasteiger partial charge on any atom is -0.421 e. The Kier molecular flexibility index (Phi) is 4.52. The maximum atomic E-state index is 13.2. The SMILES string of the molecule is O=c1oc2cc(N[C@@H]3C(O)OC(CO)[C@@H](O)C3O)ccc2cc1F. The Balaban J connectivity index is 1.86. The van der Waals surface area contributed by atoms with E-state index >= 15 is 0 Å². The Morgan fingerprint density at radius 1 is 1.17 bits per heavy atom. The van der Waals surface area contributed by atoms with Crippen molar-refractivity contribution in [1.82, 2.24) is 0 Å². The normalized spacial score (nSPS) is 30.5. The molecule has 130 valence electrons. The largest absolute Gasteiger partial charge is 0.421 e. The third kappa shape index (κ3) is 2.99. The van der Waals surface area contributed by atoms with Crippen molar-refractivity contribution < 1.29 is 34.0 Å². The fourth-order valence-electron chi connectivity index (χ4n) is 2.62. The number of anilines is 1. The van der Waals surface area contributed by atoms with E-state index in [-0.39, 0.29) is 5.58 Å². The van der Waals surface area contributed by atoms with Gasteiger partial charge >= 0.3 is 5.63 Å². The van der Waals surface area contributed by atoms with Crippen LogP contribution < -0.4 is 10.9 Å². The molecule has 5 N–H and O–H groups in total. The minimum atomic E-state index is -1.49. The van der Waals surface area contributed by atoms with Crippen molar-refractivity contribution in [2.45, 2.75) is 30.6 Å². The molecule has 1 aromatic carbocycles. The van der Waals surface area contributed by atoms with Crippen LogP contribution in [0.3, 0.4) is 0 Å². The van der Waals surface area contributed by atoms with Gasteiger partial charge in [-0.15, -0.1) is 0 Å². The summed E-state index contributed by atoms with van der Waals surface area (Å²) in [6, 6.07) is 4.34. The van der Waals surface area contributed by atoms with Crippen LogP contribution in [-0.2, 0) is 4.74 Å². The summed E-state index contributed by atoms with van der Waals surface area (Å²) in [5.41, 5.74) is -0.651. The van der Waals surface area contributed by atoms with Crippen molar-refractivity contribution >= 4 is 16.7 Å². The molecule has 8 nitrogen and oxygen atoms in total. The van der Waals surface area contributed by atoms with Crippen LogP contribution in [0.4, 0.5) is 10.1 Å². The van der Waals surface area contributed by atoms with E-state index in [0.717, 1.165) is 6.07 Å². The molecule has 0 spiro atoms. The van der Waals surface area contributed by atoms with Crippen molar-refractivity contribution in [2.24, 2.45) is 0 Å². The molecule has 0 aliphatic carbocycles. The first-order valence-electron chi connectivity index (χ1n) is 7.21. The molecule has 9 heteroatoms. The second-order valence-electron chi connectivity index (χ2n) is 5.53. The third-order valence-electron chi connectivity index (χ3n) is 3.93. The number of rotatable bonds is 3. The maximum Gasteiger partial charge on any atom is 0.372 e. The summed E-state index contributed by atoms with van der Waals surface area (Å²) in [7, 11) is 0. The molecular weight excluding hydrogens is 325 g/mol. The summed E-state index contributed by atoms with van der Waals surface area (Å²) in [5, 5.41) is 42.0. The van der Waals surface area contributed by atoms with Gasteiger partial charge < -0.3 is 34.9 Å². The van der Waals surface area contributed by atoms with Crippen molar-refractivity contribution in [2.75, 3.05) is 11.9 Å². The lowest BCUT2D eigenvalue weighted by Crippen LogP contribution is -2.61. The Hall–Kier alpha value is -2.04. The summed E-state index contributed by atoms with van der Waals surface area (Å²) in [6.07, 6.45) is -5.41. The van der Waals surface area contributed by atoms with Crippen molar-refractivity contribution in [3.05, 3.63) is 40.5 Å². The van der Waals surface area contributed by atoms with E-state index in [1.165, 1.54) is 18.2 Å². The van der Waals surface area contributed by atoms with Crippen LogP contribution in [0.15, 0.2) is 33.5 Å². The van der Waals surface area contributed by atoms with Crippen LogP contribution in [-0.4, -0.2) is 57.7 Å². The highest BCUT2D eigenvalue weighted by Gasteiger charge is 2.43. The highest BCUT2D eigenvalue weighted by Crippen LogP contribution is 2.25. The first-order chi connectivity index (χ1) is 11.4. The smallest absolute Gasteiger partial charge is 0.372 e. The van der Waals surface area contributed by atoms with Crippen LogP contribution in [0.25, 0.3) is 11.0 Å². The first kappa shape index (κ1) is 16.8. The average molecular weight is 341 g/mol. The Morgan fingerprint density at radius 3 is 2.62 bits per heavy atom. The second kappa shape index (κ2) is 6.46. The highest BCUT2D eigenvalue weighted by atomic mass is 19.1. The zero-order valence-corrected chi connectivity index (χ0v) is 12.3. The van der Waals surface area contributed by atoms with Gasteiger partial charge in [-0.3, -0.25) is 0 Å². The molecule has 2 aromatic rings. The Labute approximate surface area is 134 Å². The number of ether oxygens (including phenoxy) is 1. The lowest BCUT2D eigenvalue weighted by Gasteiger charge is -2.40. The summed E-state index contributed by atoms with van der Waals surface area (Å²) in [5.74, 6) is -1.01. The van der Waals surface area contributed by atoms with Gasteiger partial charge in [0.15, 0.2) is 6.29 Å². The summed E-state index contributed by atoms with van der Waals surface area (Å²) >= 11 is 0. The molecule has 1 aromatic heterocycles. The first-order valence-corrected chi connectivity index (χ1v) is 7.21. The van der Waals surface area contributed by atoms with Gasteiger partial charge in [0.05, 0.1) is 6.61 Å². The van der Waals surface area contributed by atoms with Gasteiger partial charge in [0.25, 0.3) is 0 Å². The Morgan fingerprint density at radius 2 is 1.92 bits per heavy atom. The van der Waals surface area contributed by atoms with Crippen LogP contribution in [0.1, 0.15) is 0 Å². The van der Waals surface area contributed by atoms with Crippen LogP contribution in [0, 0.1) is 5.82 Å². The van der Waals surface area contributed by atoms with E-state index in [9.17, 15) is 24.5 Å². The molecule has 24 heavy (non-hydrogen) atoms. The lowest BCUT2D eigenvalue weighted by molar-refractivity contribution is -0.245. The number of aliphatic hydroxyl groups excluding tert-OH is 4. The van der Waals surface area contributed by atoms with E-state index in [4.69, 9.17) is 14.3 Å². The third-order valence-corrected chi connectivity index (χ3v) is 3.93. The predicted molar refractivity (Wildman–Crippen MR) is 79.8 cm³/mol. The summed E-state index contributed by atoms with van der Waals surface area (Å²) in [4.78, 5) is 11.2. The number of aliphatic hydroxyl groups is 4. The van der Waals surface area contributed by atoms with Crippen LogP contribution in [0.2, 0.25) is 0 Å². The molecule has 1 aliphatic rings. The van der Waals surface area contributed by atoms with Gasteiger partial charge in [0, 0.05) is 17.1 Å². The molecular formula is C15H16FNO7. The van der Waals surface area contributed by atoms with Crippen molar-refractivity contribution in [1.29, 1.82) is 0 Å². The van der Waals surface area contributed by atoms with E-state index < -0.39 is 48.7 Å². The van der Waals surface area contributed by atoms with E-state index in [2.05, 4.69) is 5.32 Å². The molecule has 0 bridgehead atoms. The van der Waals surface area contributed by atoms with E-state index in [1.807, 2.05) is 0 Å². The number of halogens is 1. The minimum absolute atomic E-state index is 0.112.